The second-order valence-corrected chi connectivity index (χ2v) is 9.83. The fourth-order valence-electron chi connectivity index (χ4n) is 4.68. The van der Waals surface area contributed by atoms with Gasteiger partial charge in [0.25, 0.3) is 0 Å². The molecule has 1 saturated carbocycles. The summed E-state index contributed by atoms with van der Waals surface area (Å²) in [6.07, 6.45) is 7.08. The fourth-order valence-corrected chi connectivity index (χ4v) is 5.67. The van der Waals surface area contributed by atoms with E-state index < -0.39 is 0 Å². The van der Waals surface area contributed by atoms with Gasteiger partial charge < -0.3 is 9.64 Å². The number of carbonyl (C=O) groups excluding carboxylic acids is 1. The third-order valence-electron chi connectivity index (χ3n) is 6.46. The van der Waals surface area contributed by atoms with E-state index in [0.717, 1.165) is 54.6 Å². The molecule has 0 unspecified atom stereocenters. The standard InChI is InChI=1S/C23H32N4O2S/c1-16-8-4-5-9-20(16)27-21(18-10-12-19(29-3)13-11-18)24-25-23(27)30-17(2)22(28)26-14-6-7-15-26/h10-13,16-17,20H,4-9,14-15H2,1-3H3/t16-,17-,20+/m0/s1. The molecule has 2 heterocycles. The smallest absolute Gasteiger partial charge is 0.235 e. The number of rotatable bonds is 6. The van der Waals surface area contributed by atoms with Crippen LogP contribution >= 0.6 is 11.8 Å². The Labute approximate surface area is 183 Å². The van der Waals surface area contributed by atoms with Crippen LogP contribution in [-0.4, -0.2) is 51.0 Å². The maximum Gasteiger partial charge on any atom is 0.235 e. The van der Waals surface area contributed by atoms with Gasteiger partial charge in [-0.15, -0.1) is 10.2 Å². The van der Waals surface area contributed by atoms with E-state index in [0.29, 0.717) is 12.0 Å². The van der Waals surface area contributed by atoms with Gasteiger partial charge in [0.15, 0.2) is 11.0 Å². The first-order chi connectivity index (χ1) is 14.6. The number of aromatic nitrogens is 3. The number of amides is 1. The summed E-state index contributed by atoms with van der Waals surface area (Å²) in [5.41, 5.74) is 1.03. The summed E-state index contributed by atoms with van der Waals surface area (Å²) in [6.45, 7) is 6.09. The van der Waals surface area contributed by atoms with Crippen LogP contribution in [0.2, 0.25) is 0 Å². The molecule has 4 rings (SSSR count). The summed E-state index contributed by atoms with van der Waals surface area (Å²) in [6, 6.07) is 8.37. The van der Waals surface area contributed by atoms with Gasteiger partial charge in [0, 0.05) is 24.7 Å². The third kappa shape index (κ3) is 4.36. The van der Waals surface area contributed by atoms with Gasteiger partial charge in [0.2, 0.25) is 5.91 Å². The van der Waals surface area contributed by atoms with Crippen LogP contribution in [0.5, 0.6) is 5.75 Å². The van der Waals surface area contributed by atoms with Gasteiger partial charge in [-0.3, -0.25) is 9.36 Å². The van der Waals surface area contributed by atoms with Crippen LogP contribution in [0.1, 0.15) is 58.4 Å². The number of methoxy groups -OCH3 is 1. The highest BCUT2D eigenvalue weighted by Gasteiger charge is 2.31. The molecule has 1 aliphatic heterocycles. The highest BCUT2D eigenvalue weighted by Crippen LogP contribution is 2.40. The number of thioether (sulfide) groups is 1. The van der Waals surface area contributed by atoms with Crippen LogP contribution in [-0.2, 0) is 4.79 Å². The molecule has 0 bridgehead atoms. The van der Waals surface area contributed by atoms with E-state index in [4.69, 9.17) is 4.74 Å². The van der Waals surface area contributed by atoms with Crippen LogP contribution in [0.4, 0.5) is 0 Å². The lowest BCUT2D eigenvalue weighted by atomic mass is 9.85. The Hall–Kier alpha value is -2.02. The van der Waals surface area contributed by atoms with E-state index in [-0.39, 0.29) is 11.2 Å². The Morgan fingerprint density at radius 1 is 1.10 bits per heavy atom. The number of nitrogens with zero attached hydrogens (tertiary/aromatic N) is 4. The molecule has 0 N–H and O–H groups in total. The van der Waals surface area contributed by atoms with Gasteiger partial charge >= 0.3 is 0 Å². The molecule has 30 heavy (non-hydrogen) atoms. The van der Waals surface area contributed by atoms with Crippen molar-refractivity contribution in [1.82, 2.24) is 19.7 Å². The van der Waals surface area contributed by atoms with Crippen LogP contribution in [0.15, 0.2) is 29.4 Å². The molecule has 1 saturated heterocycles. The van der Waals surface area contributed by atoms with Crippen molar-refractivity contribution >= 4 is 17.7 Å². The average molecular weight is 429 g/mol. The first-order valence-corrected chi connectivity index (χ1v) is 12.0. The lowest BCUT2D eigenvalue weighted by molar-refractivity contribution is -0.129. The van der Waals surface area contributed by atoms with Gasteiger partial charge in [0.05, 0.1) is 12.4 Å². The molecule has 0 spiro atoms. The molecule has 2 aromatic rings. The number of ether oxygens (including phenoxy) is 1. The predicted molar refractivity (Wildman–Crippen MR) is 120 cm³/mol. The monoisotopic (exact) mass is 428 g/mol. The normalized spacial score (nSPS) is 22.8. The molecule has 2 aliphatic rings. The first kappa shape index (κ1) is 21.2. The van der Waals surface area contributed by atoms with Gasteiger partial charge in [-0.2, -0.15) is 0 Å². The first-order valence-electron chi connectivity index (χ1n) is 11.1. The van der Waals surface area contributed by atoms with Gasteiger partial charge in [-0.05, 0) is 62.8 Å². The van der Waals surface area contributed by atoms with E-state index in [1.165, 1.54) is 19.3 Å². The lowest BCUT2D eigenvalue weighted by Gasteiger charge is -2.32. The highest BCUT2D eigenvalue weighted by atomic mass is 32.2. The molecular weight excluding hydrogens is 396 g/mol. The zero-order chi connectivity index (χ0) is 21.1. The van der Waals surface area contributed by atoms with E-state index in [2.05, 4.69) is 21.7 Å². The third-order valence-corrected chi connectivity index (χ3v) is 7.50. The van der Waals surface area contributed by atoms with Crippen molar-refractivity contribution in [3.8, 4) is 17.1 Å². The number of hydrogen-bond donors (Lipinski definition) is 0. The van der Waals surface area contributed by atoms with Crippen molar-refractivity contribution < 1.29 is 9.53 Å². The van der Waals surface area contributed by atoms with Gasteiger partial charge in [0.1, 0.15) is 5.75 Å². The minimum absolute atomic E-state index is 0.159. The highest BCUT2D eigenvalue weighted by molar-refractivity contribution is 8.00. The van der Waals surface area contributed by atoms with E-state index in [1.54, 1.807) is 18.9 Å². The largest absolute Gasteiger partial charge is 0.497 e. The predicted octanol–water partition coefficient (Wildman–Crippen LogP) is 4.81. The molecule has 1 aliphatic carbocycles. The molecule has 162 valence electrons. The van der Waals surface area contributed by atoms with Crippen molar-refractivity contribution in [1.29, 1.82) is 0 Å². The zero-order valence-electron chi connectivity index (χ0n) is 18.2. The maximum atomic E-state index is 12.9. The molecular formula is C23H32N4O2S. The van der Waals surface area contributed by atoms with Crippen molar-refractivity contribution in [3.05, 3.63) is 24.3 Å². The van der Waals surface area contributed by atoms with E-state index in [9.17, 15) is 4.79 Å². The second kappa shape index (κ2) is 9.41. The summed E-state index contributed by atoms with van der Waals surface area (Å²) in [5, 5.41) is 9.86. The molecule has 7 heteroatoms. The number of benzene rings is 1. The van der Waals surface area contributed by atoms with Crippen LogP contribution in [0, 0.1) is 5.92 Å². The summed E-state index contributed by atoms with van der Waals surface area (Å²) in [4.78, 5) is 14.9. The van der Waals surface area contributed by atoms with Gasteiger partial charge in [-0.1, -0.05) is 31.5 Å². The van der Waals surface area contributed by atoms with E-state index in [1.807, 2.05) is 36.1 Å². The van der Waals surface area contributed by atoms with Crippen LogP contribution in [0.3, 0.4) is 0 Å². The summed E-state index contributed by atoms with van der Waals surface area (Å²) in [7, 11) is 1.68. The Morgan fingerprint density at radius 2 is 1.80 bits per heavy atom. The topological polar surface area (TPSA) is 60.3 Å². The van der Waals surface area contributed by atoms with Crippen LogP contribution < -0.4 is 4.74 Å². The minimum atomic E-state index is -0.159. The number of hydrogen-bond acceptors (Lipinski definition) is 5. The molecule has 1 aromatic carbocycles. The van der Waals surface area contributed by atoms with Crippen molar-refractivity contribution in [2.45, 2.75) is 68.8 Å². The fraction of sp³-hybridized carbons (Fsp3) is 0.609. The van der Waals surface area contributed by atoms with Crippen LogP contribution in [0.25, 0.3) is 11.4 Å². The number of carbonyl (C=O) groups is 1. The lowest BCUT2D eigenvalue weighted by Crippen LogP contribution is -2.34. The second-order valence-electron chi connectivity index (χ2n) is 8.53. The molecule has 2 fully saturated rings. The Morgan fingerprint density at radius 3 is 2.47 bits per heavy atom. The molecule has 1 aromatic heterocycles. The zero-order valence-corrected chi connectivity index (χ0v) is 19.0. The van der Waals surface area contributed by atoms with Crippen molar-refractivity contribution in [3.63, 3.8) is 0 Å². The SMILES string of the molecule is COc1ccc(-c2nnc(S[C@@H](C)C(=O)N3CCCC3)n2[C@@H]2CCCC[C@@H]2C)cc1. The van der Waals surface area contributed by atoms with Crippen molar-refractivity contribution in [2.75, 3.05) is 20.2 Å². The Kier molecular flexibility index (Phi) is 6.66. The summed E-state index contributed by atoms with van der Waals surface area (Å²) in [5.74, 6) is 2.50. The summed E-state index contributed by atoms with van der Waals surface area (Å²) < 4.78 is 7.62. The average Bonchev–Trinajstić information content (AvgIpc) is 3.44. The number of likely N-dealkylation sites (tertiary alicyclic amines) is 1. The quantitative estimate of drug-likeness (QED) is 0.618. The Bertz CT molecular complexity index is 861. The minimum Gasteiger partial charge on any atom is -0.497 e. The summed E-state index contributed by atoms with van der Waals surface area (Å²) >= 11 is 1.56. The maximum absolute atomic E-state index is 12.9. The molecule has 3 atom stereocenters. The van der Waals surface area contributed by atoms with Gasteiger partial charge in [-0.25, -0.2) is 0 Å². The molecule has 1 amide bonds. The Balaban J connectivity index is 1.65. The molecule has 0 radical (unpaired) electrons. The molecule has 6 nitrogen and oxygen atoms in total. The van der Waals surface area contributed by atoms with Crippen molar-refractivity contribution in [2.24, 2.45) is 5.92 Å². The van der Waals surface area contributed by atoms with E-state index >= 15 is 0 Å².